The van der Waals surface area contributed by atoms with Gasteiger partial charge in [-0.3, -0.25) is 0 Å². The van der Waals surface area contributed by atoms with E-state index in [0.29, 0.717) is 0 Å². The van der Waals surface area contributed by atoms with Gasteiger partial charge in [-0.2, -0.15) is 0 Å². The van der Waals surface area contributed by atoms with E-state index in [0.717, 1.165) is 18.4 Å². The maximum Gasteiger partial charge on any atom is 0.141 e. The van der Waals surface area contributed by atoms with Crippen molar-refractivity contribution in [2.75, 3.05) is 6.61 Å². The highest BCUT2D eigenvalue weighted by molar-refractivity contribution is 6.30. The first kappa shape index (κ1) is 16.9. The van der Waals surface area contributed by atoms with E-state index in [1.807, 2.05) is 25.1 Å². The monoisotopic (exact) mass is 321 g/mol. The minimum absolute atomic E-state index is 0.0296. The highest BCUT2D eigenvalue weighted by atomic mass is 35.5. The van der Waals surface area contributed by atoms with Crippen LogP contribution >= 0.6 is 11.6 Å². The Morgan fingerprint density at radius 2 is 1.86 bits per heavy atom. The number of rotatable bonds is 7. The standard InChI is InChI=1S/C18H21ClFNO/c1-13(15-9-10-17(20)16(19)12-15)21-18(8-5-11-22)14-6-3-2-4-7-14/h2-4,6-7,9-10,12-13,18,21-22H,5,8,11H2,1H3. The topological polar surface area (TPSA) is 32.3 Å². The van der Waals surface area contributed by atoms with Crippen molar-refractivity contribution in [1.29, 1.82) is 0 Å². The first-order chi connectivity index (χ1) is 10.6. The molecule has 4 heteroatoms. The van der Waals surface area contributed by atoms with E-state index in [2.05, 4.69) is 17.4 Å². The molecule has 0 aliphatic carbocycles. The number of aliphatic hydroxyl groups is 1. The lowest BCUT2D eigenvalue weighted by atomic mass is 9.99. The molecule has 0 aliphatic heterocycles. The van der Waals surface area contributed by atoms with Gasteiger partial charge in [-0.15, -0.1) is 0 Å². The second-order valence-corrected chi connectivity index (χ2v) is 5.80. The lowest BCUT2D eigenvalue weighted by Gasteiger charge is -2.24. The zero-order chi connectivity index (χ0) is 15.9. The number of halogens is 2. The number of hydrogen-bond donors (Lipinski definition) is 2. The molecular formula is C18H21ClFNO. The Morgan fingerprint density at radius 1 is 1.14 bits per heavy atom. The van der Waals surface area contributed by atoms with Crippen LogP contribution in [0.3, 0.4) is 0 Å². The van der Waals surface area contributed by atoms with E-state index < -0.39 is 5.82 Å². The van der Waals surface area contributed by atoms with Crippen LogP contribution in [0.25, 0.3) is 0 Å². The Balaban J connectivity index is 2.13. The van der Waals surface area contributed by atoms with Crippen molar-refractivity contribution < 1.29 is 9.50 Å². The summed E-state index contributed by atoms with van der Waals surface area (Å²) in [4.78, 5) is 0. The molecule has 0 radical (unpaired) electrons. The van der Waals surface area contributed by atoms with Crippen molar-refractivity contribution in [3.8, 4) is 0 Å². The van der Waals surface area contributed by atoms with Crippen molar-refractivity contribution in [2.45, 2.75) is 31.8 Å². The van der Waals surface area contributed by atoms with Gasteiger partial charge >= 0.3 is 0 Å². The summed E-state index contributed by atoms with van der Waals surface area (Å²) < 4.78 is 13.3. The van der Waals surface area contributed by atoms with Crippen molar-refractivity contribution in [3.63, 3.8) is 0 Å². The molecule has 0 spiro atoms. The third-order valence-corrected chi connectivity index (χ3v) is 4.04. The summed E-state index contributed by atoms with van der Waals surface area (Å²) in [6, 6.07) is 15.1. The average Bonchev–Trinajstić information content (AvgIpc) is 2.54. The number of aliphatic hydroxyl groups excluding tert-OH is 1. The van der Waals surface area contributed by atoms with E-state index in [4.69, 9.17) is 16.7 Å². The molecule has 2 nitrogen and oxygen atoms in total. The summed E-state index contributed by atoms with van der Waals surface area (Å²) in [5.74, 6) is -0.405. The van der Waals surface area contributed by atoms with Gasteiger partial charge in [0.15, 0.2) is 0 Å². The highest BCUT2D eigenvalue weighted by Gasteiger charge is 2.16. The molecule has 0 heterocycles. The summed E-state index contributed by atoms with van der Waals surface area (Å²) in [7, 11) is 0. The molecule has 118 valence electrons. The normalized spacial score (nSPS) is 13.8. The number of hydrogen-bond acceptors (Lipinski definition) is 2. The molecule has 0 aromatic heterocycles. The van der Waals surface area contributed by atoms with Crippen LogP contribution in [0.1, 0.15) is 43.0 Å². The molecule has 2 unspecified atom stereocenters. The first-order valence-electron chi connectivity index (χ1n) is 7.48. The van der Waals surface area contributed by atoms with Crippen LogP contribution in [-0.2, 0) is 0 Å². The molecule has 0 saturated carbocycles. The molecular weight excluding hydrogens is 301 g/mol. The molecule has 0 saturated heterocycles. The van der Waals surface area contributed by atoms with E-state index in [1.165, 1.54) is 11.6 Å². The fourth-order valence-electron chi connectivity index (χ4n) is 2.51. The Morgan fingerprint density at radius 3 is 2.50 bits per heavy atom. The minimum atomic E-state index is -0.405. The van der Waals surface area contributed by atoms with Gasteiger partial charge in [0.05, 0.1) is 5.02 Å². The Hall–Kier alpha value is -1.42. The van der Waals surface area contributed by atoms with Crippen molar-refractivity contribution in [3.05, 3.63) is 70.5 Å². The van der Waals surface area contributed by atoms with Crippen LogP contribution in [0.15, 0.2) is 48.5 Å². The molecule has 22 heavy (non-hydrogen) atoms. The average molecular weight is 322 g/mol. The second kappa shape index (κ2) is 8.28. The van der Waals surface area contributed by atoms with Gasteiger partial charge in [0.25, 0.3) is 0 Å². The van der Waals surface area contributed by atoms with Crippen molar-refractivity contribution >= 4 is 11.6 Å². The highest BCUT2D eigenvalue weighted by Crippen LogP contribution is 2.25. The Labute approximate surface area is 135 Å². The molecule has 0 fully saturated rings. The zero-order valence-corrected chi connectivity index (χ0v) is 13.4. The summed E-state index contributed by atoms with van der Waals surface area (Å²) in [5, 5.41) is 12.8. The maximum atomic E-state index is 13.3. The van der Waals surface area contributed by atoms with Gasteiger partial charge in [-0.05, 0) is 43.0 Å². The van der Waals surface area contributed by atoms with Gasteiger partial charge in [-0.25, -0.2) is 4.39 Å². The number of benzene rings is 2. The summed E-state index contributed by atoms with van der Waals surface area (Å²) in [5.41, 5.74) is 2.12. The minimum Gasteiger partial charge on any atom is -0.396 e. The van der Waals surface area contributed by atoms with Gasteiger partial charge in [0, 0.05) is 18.7 Å². The lowest BCUT2D eigenvalue weighted by Crippen LogP contribution is -2.25. The molecule has 2 atom stereocenters. The third kappa shape index (κ3) is 4.54. The molecule has 2 N–H and O–H groups in total. The van der Waals surface area contributed by atoms with Gasteiger partial charge in [0.2, 0.25) is 0 Å². The van der Waals surface area contributed by atoms with Gasteiger partial charge in [0.1, 0.15) is 5.82 Å². The second-order valence-electron chi connectivity index (χ2n) is 5.39. The SMILES string of the molecule is CC(NC(CCCO)c1ccccc1)c1ccc(F)c(Cl)c1. The Bertz CT molecular complexity index is 591. The van der Waals surface area contributed by atoms with Gasteiger partial charge < -0.3 is 10.4 Å². The van der Waals surface area contributed by atoms with Crippen LogP contribution in [0, 0.1) is 5.82 Å². The zero-order valence-electron chi connectivity index (χ0n) is 12.6. The smallest absolute Gasteiger partial charge is 0.141 e. The predicted octanol–water partition coefficient (Wildman–Crippen LogP) is 4.64. The molecule has 0 aliphatic rings. The number of nitrogens with one attached hydrogen (secondary N) is 1. The van der Waals surface area contributed by atoms with Gasteiger partial charge in [-0.1, -0.05) is 48.0 Å². The van der Waals surface area contributed by atoms with Crippen LogP contribution in [0.4, 0.5) is 4.39 Å². The van der Waals surface area contributed by atoms with Crippen LogP contribution in [0.2, 0.25) is 5.02 Å². The van der Waals surface area contributed by atoms with Crippen LogP contribution in [-0.4, -0.2) is 11.7 Å². The fraction of sp³-hybridized carbons (Fsp3) is 0.333. The molecule has 2 aromatic carbocycles. The summed E-state index contributed by atoms with van der Waals surface area (Å²) in [6.07, 6.45) is 1.56. The van der Waals surface area contributed by atoms with E-state index in [1.54, 1.807) is 12.1 Å². The molecule has 2 aromatic rings. The molecule has 0 bridgehead atoms. The Kier molecular flexibility index (Phi) is 6.37. The van der Waals surface area contributed by atoms with E-state index in [9.17, 15) is 4.39 Å². The molecule has 2 rings (SSSR count). The van der Waals surface area contributed by atoms with Crippen molar-refractivity contribution in [2.24, 2.45) is 0 Å². The summed E-state index contributed by atoms with van der Waals surface area (Å²) >= 11 is 5.86. The van der Waals surface area contributed by atoms with Crippen LogP contribution < -0.4 is 5.32 Å². The van der Waals surface area contributed by atoms with E-state index in [-0.39, 0.29) is 23.7 Å². The largest absolute Gasteiger partial charge is 0.396 e. The maximum absolute atomic E-state index is 13.3. The first-order valence-corrected chi connectivity index (χ1v) is 7.86. The lowest BCUT2D eigenvalue weighted by molar-refractivity contribution is 0.272. The third-order valence-electron chi connectivity index (χ3n) is 3.75. The summed E-state index contributed by atoms with van der Waals surface area (Å²) in [6.45, 7) is 2.19. The van der Waals surface area contributed by atoms with Crippen LogP contribution in [0.5, 0.6) is 0 Å². The predicted molar refractivity (Wildman–Crippen MR) is 88.5 cm³/mol. The van der Waals surface area contributed by atoms with Crippen molar-refractivity contribution in [1.82, 2.24) is 5.32 Å². The fourth-order valence-corrected chi connectivity index (χ4v) is 2.70. The quantitative estimate of drug-likeness (QED) is 0.778. The van der Waals surface area contributed by atoms with E-state index >= 15 is 0 Å². The molecule has 0 amide bonds.